The van der Waals surface area contributed by atoms with Crippen LogP contribution in [0.15, 0.2) is 36.0 Å². The lowest BCUT2D eigenvalue weighted by Gasteiger charge is -2.36. The van der Waals surface area contributed by atoms with Crippen molar-refractivity contribution >= 4 is 5.97 Å². The number of fused-ring (bicyclic) bond motifs is 1. The number of carbonyl (C=O) groups is 1. The van der Waals surface area contributed by atoms with Crippen molar-refractivity contribution in [2.45, 2.75) is 39.7 Å². The Morgan fingerprint density at radius 3 is 2.94 bits per heavy atom. The van der Waals surface area contributed by atoms with Gasteiger partial charge in [0.05, 0.1) is 0 Å². The first-order chi connectivity index (χ1) is 7.95. The fourth-order valence-electron chi connectivity index (χ4n) is 2.85. The monoisotopic (exact) mass is 232 g/mol. The summed E-state index contributed by atoms with van der Waals surface area (Å²) < 4.78 is 5.49. The van der Waals surface area contributed by atoms with Crippen molar-refractivity contribution in [1.82, 2.24) is 0 Å². The predicted molar refractivity (Wildman–Crippen MR) is 68.4 cm³/mol. The topological polar surface area (TPSA) is 26.3 Å². The molecule has 2 rings (SSSR count). The van der Waals surface area contributed by atoms with Crippen LogP contribution in [0.1, 0.15) is 33.6 Å². The van der Waals surface area contributed by atoms with E-state index in [9.17, 15) is 4.79 Å². The summed E-state index contributed by atoms with van der Waals surface area (Å²) in [6, 6.07) is 0. The molecule has 2 nitrogen and oxygen atoms in total. The molecule has 0 amide bonds. The Morgan fingerprint density at radius 2 is 2.29 bits per heavy atom. The third-order valence-electron chi connectivity index (χ3n) is 3.89. The standard InChI is InChI=1S/C15H20O2/c1-5-10(2)9-12-13-11(14(16)17-12)7-6-8-15(13,3)4/h5,7,9,12-13H,1,6,8H2,2-4H3/b10-9+/t12-,13+/m1/s1. The highest BCUT2D eigenvalue weighted by Gasteiger charge is 2.48. The van der Waals surface area contributed by atoms with Gasteiger partial charge in [0.2, 0.25) is 0 Å². The van der Waals surface area contributed by atoms with Gasteiger partial charge in [-0.15, -0.1) is 0 Å². The minimum Gasteiger partial charge on any atom is -0.454 e. The van der Waals surface area contributed by atoms with Gasteiger partial charge in [0.15, 0.2) is 0 Å². The van der Waals surface area contributed by atoms with E-state index < -0.39 is 0 Å². The first kappa shape index (κ1) is 12.2. The number of hydrogen-bond donors (Lipinski definition) is 0. The van der Waals surface area contributed by atoms with Crippen LogP contribution in [0.25, 0.3) is 0 Å². The molecule has 0 unspecified atom stereocenters. The highest BCUT2D eigenvalue weighted by Crippen LogP contribution is 2.48. The van der Waals surface area contributed by atoms with E-state index in [1.54, 1.807) is 6.08 Å². The number of allylic oxidation sites excluding steroid dienone is 3. The van der Waals surface area contributed by atoms with Crippen LogP contribution in [0.2, 0.25) is 0 Å². The van der Waals surface area contributed by atoms with Crippen molar-refractivity contribution in [3.63, 3.8) is 0 Å². The summed E-state index contributed by atoms with van der Waals surface area (Å²) >= 11 is 0. The minimum atomic E-state index is -0.138. The van der Waals surface area contributed by atoms with Gasteiger partial charge in [-0.3, -0.25) is 0 Å². The summed E-state index contributed by atoms with van der Waals surface area (Å²) in [5.74, 6) is 0.0551. The van der Waals surface area contributed by atoms with Crippen LogP contribution in [0.3, 0.4) is 0 Å². The molecular formula is C15H20O2. The summed E-state index contributed by atoms with van der Waals surface area (Å²) in [4.78, 5) is 11.8. The lowest BCUT2D eigenvalue weighted by Crippen LogP contribution is -2.33. The molecule has 0 N–H and O–H groups in total. The summed E-state index contributed by atoms with van der Waals surface area (Å²) in [6.45, 7) is 10.2. The SMILES string of the molecule is C=C/C(C)=C/[C@H]1OC(=O)C2=CCCC(C)(C)[C@@H]21. The molecule has 0 bridgehead atoms. The molecule has 2 heteroatoms. The van der Waals surface area contributed by atoms with Crippen LogP contribution in [-0.2, 0) is 9.53 Å². The average Bonchev–Trinajstić information content (AvgIpc) is 2.56. The van der Waals surface area contributed by atoms with E-state index in [0.29, 0.717) is 0 Å². The summed E-state index contributed by atoms with van der Waals surface area (Å²) in [5.41, 5.74) is 2.06. The molecule has 92 valence electrons. The van der Waals surface area contributed by atoms with Gasteiger partial charge in [-0.05, 0) is 31.3 Å². The van der Waals surface area contributed by atoms with E-state index in [0.717, 1.165) is 24.0 Å². The summed E-state index contributed by atoms with van der Waals surface area (Å²) in [7, 11) is 0. The summed E-state index contributed by atoms with van der Waals surface area (Å²) in [5, 5.41) is 0. The van der Waals surface area contributed by atoms with E-state index in [-0.39, 0.29) is 23.4 Å². The number of esters is 1. The highest BCUT2D eigenvalue weighted by molar-refractivity contribution is 5.92. The number of ether oxygens (including phenoxy) is 1. The van der Waals surface area contributed by atoms with E-state index in [2.05, 4.69) is 26.5 Å². The number of hydrogen-bond acceptors (Lipinski definition) is 2. The van der Waals surface area contributed by atoms with E-state index in [4.69, 9.17) is 4.74 Å². The molecule has 0 aromatic heterocycles. The second-order valence-electron chi connectivity index (χ2n) is 5.65. The molecule has 1 saturated heterocycles. The lowest BCUT2D eigenvalue weighted by molar-refractivity contribution is -0.137. The third kappa shape index (κ3) is 2.08. The van der Waals surface area contributed by atoms with E-state index in [1.165, 1.54) is 0 Å². The van der Waals surface area contributed by atoms with E-state index >= 15 is 0 Å². The molecular weight excluding hydrogens is 212 g/mol. The molecule has 0 saturated carbocycles. The maximum Gasteiger partial charge on any atom is 0.334 e. The normalized spacial score (nSPS) is 31.6. The number of rotatable bonds is 2. The quantitative estimate of drug-likeness (QED) is 0.538. The van der Waals surface area contributed by atoms with Crippen LogP contribution >= 0.6 is 0 Å². The molecule has 2 aliphatic rings. The Labute approximate surface area is 103 Å². The average molecular weight is 232 g/mol. The van der Waals surface area contributed by atoms with Gasteiger partial charge in [-0.25, -0.2) is 4.79 Å². The van der Waals surface area contributed by atoms with Crippen LogP contribution in [-0.4, -0.2) is 12.1 Å². The first-order valence-electron chi connectivity index (χ1n) is 6.17. The van der Waals surface area contributed by atoms with Crippen molar-refractivity contribution in [2.75, 3.05) is 0 Å². The van der Waals surface area contributed by atoms with Crippen molar-refractivity contribution in [2.24, 2.45) is 11.3 Å². The Balaban J connectivity index is 2.37. The smallest absolute Gasteiger partial charge is 0.334 e. The van der Waals surface area contributed by atoms with Gasteiger partial charge in [0, 0.05) is 11.5 Å². The van der Waals surface area contributed by atoms with Gasteiger partial charge in [0.1, 0.15) is 6.10 Å². The maximum atomic E-state index is 11.8. The molecule has 0 aromatic carbocycles. The van der Waals surface area contributed by atoms with Gasteiger partial charge in [0.25, 0.3) is 0 Å². The largest absolute Gasteiger partial charge is 0.454 e. The number of cyclic esters (lactones) is 1. The van der Waals surface area contributed by atoms with Crippen LogP contribution in [0.4, 0.5) is 0 Å². The van der Waals surface area contributed by atoms with Crippen LogP contribution < -0.4 is 0 Å². The second-order valence-corrected chi connectivity index (χ2v) is 5.65. The van der Waals surface area contributed by atoms with Crippen molar-refractivity contribution in [3.8, 4) is 0 Å². The third-order valence-corrected chi connectivity index (χ3v) is 3.89. The van der Waals surface area contributed by atoms with E-state index in [1.807, 2.05) is 13.0 Å². The van der Waals surface area contributed by atoms with Gasteiger partial charge >= 0.3 is 5.97 Å². The van der Waals surface area contributed by atoms with Crippen molar-refractivity contribution < 1.29 is 9.53 Å². The molecule has 17 heavy (non-hydrogen) atoms. The maximum absolute atomic E-state index is 11.8. The molecule has 1 aliphatic heterocycles. The zero-order chi connectivity index (χ0) is 12.6. The number of carbonyl (C=O) groups excluding carboxylic acids is 1. The minimum absolute atomic E-state index is 0.123. The Kier molecular flexibility index (Phi) is 2.98. The zero-order valence-electron chi connectivity index (χ0n) is 10.8. The van der Waals surface area contributed by atoms with Gasteiger partial charge in [-0.1, -0.05) is 38.2 Å². The Hall–Kier alpha value is -1.31. The van der Waals surface area contributed by atoms with Gasteiger partial charge in [-0.2, -0.15) is 0 Å². The second kappa shape index (κ2) is 4.17. The molecule has 0 aromatic rings. The fraction of sp³-hybridized carbons (Fsp3) is 0.533. The summed E-state index contributed by atoms with van der Waals surface area (Å²) in [6.07, 6.45) is 7.83. The Bertz CT molecular complexity index is 413. The van der Waals surface area contributed by atoms with Crippen molar-refractivity contribution in [3.05, 3.63) is 36.0 Å². The molecule has 0 spiro atoms. The predicted octanol–water partition coefficient (Wildman–Crippen LogP) is 3.41. The fourth-order valence-corrected chi connectivity index (χ4v) is 2.85. The van der Waals surface area contributed by atoms with Crippen LogP contribution in [0, 0.1) is 11.3 Å². The molecule has 2 atom stereocenters. The lowest BCUT2D eigenvalue weighted by atomic mass is 9.67. The van der Waals surface area contributed by atoms with Gasteiger partial charge < -0.3 is 4.74 Å². The zero-order valence-corrected chi connectivity index (χ0v) is 10.8. The van der Waals surface area contributed by atoms with Crippen molar-refractivity contribution in [1.29, 1.82) is 0 Å². The first-order valence-corrected chi connectivity index (χ1v) is 6.17. The molecule has 1 fully saturated rings. The molecule has 0 radical (unpaired) electrons. The molecule has 1 heterocycles. The van der Waals surface area contributed by atoms with Crippen LogP contribution in [0.5, 0.6) is 0 Å². The highest BCUT2D eigenvalue weighted by atomic mass is 16.6. The Morgan fingerprint density at radius 1 is 1.59 bits per heavy atom. The molecule has 1 aliphatic carbocycles.